The molecule has 3 heterocycles. The van der Waals surface area contributed by atoms with Crippen LogP contribution in [0.1, 0.15) is 35.8 Å². The molecule has 2 N–H and O–H groups in total. The Kier molecular flexibility index (Phi) is 5.73. The first kappa shape index (κ1) is 19.7. The minimum absolute atomic E-state index is 0.0843. The Hall–Kier alpha value is -2.58. The predicted octanol–water partition coefficient (Wildman–Crippen LogP) is 1.79. The van der Waals surface area contributed by atoms with Crippen LogP contribution in [0.15, 0.2) is 28.8 Å². The molecule has 8 heteroatoms. The highest BCUT2D eigenvalue weighted by Gasteiger charge is 2.42. The SMILES string of the molecule is COc1ccc(OC)c(CC(=O)N2CCCC2C2NNCC2c2cc(C)no2)c1. The summed E-state index contributed by atoms with van der Waals surface area (Å²) in [5, 5.41) is 4.03. The Balaban J connectivity index is 1.52. The number of benzene rings is 1. The zero-order chi connectivity index (χ0) is 20.4. The third-order valence-electron chi connectivity index (χ3n) is 5.90. The van der Waals surface area contributed by atoms with Crippen molar-refractivity contribution in [3.8, 4) is 11.5 Å². The molecule has 0 radical (unpaired) electrons. The van der Waals surface area contributed by atoms with Crippen LogP contribution in [0, 0.1) is 6.92 Å². The van der Waals surface area contributed by atoms with E-state index >= 15 is 0 Å². The molecule has 4 rings (SSSR count). The number of aromatic nitrogens is 1. The van der Waals surface area contributed by atoms with E-state index in [-0.39, 0.29) is 30.3 Å². The van der Waals surface area contributed by atoms with E-state index in [1.54, 1.807) is 14.2 Å². The summed E-state index contributed by atoms with van der Waals surface area (Å²) in [5.74, 6) is 2.51. The lowest BCUT2D eigenvalue weighted by atomic mass is 9.91. The second kappa shape index (κ2) is 8.42. The minimum Gasteiger partial charge on any atom is -0.497 e. The first-order valence-corrected chi connectivity index (χ1v) is 10.0. The highest BCUT2D eigenvalue weighted by atomic mass is 16.5. The van der Waals surface area contributed by atoms with Gasteiger partial charge in [0.05, 0.1) is 38.3 Å². The molecule has 1 aromatic heterocycles. The fraction of sp³-hybridized carbons (Fsp3) is 0.524. The van der Waals surface area contributed by atoms with Crippen LogP contribution in [0.4, 0.5) is 0 Å². The number of nitrogens with one attached hydrogen (secondary N) is 2. The summed E-state index contributed by atoms with van der Waals surface area (Å²) in [5.41, 5.74) is 8.31. The van der Waals surface area contributed by atoms with Crippen molar-refractivity contribution >= 4 is 5.91 Å². The Morgan fingerprint density at radius 3 is 2.90 bits per heavy atom. The molecule has 1 amide bonds. The summed E-state index contributed by atoms with van der Waals surface area (Å²) in [6.45, 7) is 3.43. The standard InChI is InChI=1S/C21H28N4O4/c1-13-9-19(29-24-13)16-12-22-23-21(16)17-5-4-8-25(17)20(26)11-14-10-15(27-2)6-7-18(14)28-3/h6-7,9-10,16-17,21-23H,4-5,8,11-12H2,1-3H3. The van der Waals surface area contributed by atoms with E-state index in [0.29, 0.717) is 11.5 Å². The average molecular weight is 400 g/mol. The van der Waals surface area contributed by atoms with Gasteiger partial charge in [-0.25, -0.2) is 0 Å². The largest absolute Gasteiger partial charge is 0.497 e. The molecule has 0 spiro atoms. The number of hydrazine groups is 1. The molecule has 2 fully saturated rings. The first-order chi connectivity index (χ1) is 14.1. The Morgan fingerprint density at radius 1 is 1.31 bits per heavy atom. The van der Waals surface area contributed by atoms with Crippen molar-refractivity contribution in [2.24, 2.45) is 0 Å². The number of carbonyl (C=O) groups excluding carboxylic acids is 1. The number of methoxy groups -OCH3 is 2. The molecule has 3 unspecified atom stereocenters. The van der Waals surface area contributed by atoms with Crippen LogP contribution in [0.3, 0.4) is 0 Å². The molecule has 1 aromatic carbocycles. The Labute approximate surface area is 170 Å². The lowest BCUT2D eigenvalue weighted by Gasteiger charge is -2.31. The van der Waals surface area contributed by atoms with E-state index in [2.05, 4.69) is 16.0 Å². The number of hydrogen-bond acceptors (Lipinski definition) is 7. The summed E-state index contributed by atoms with van der Waals surface area (Å²) in [6.07, 6.45) is 2.24. The summed E-state index contributed by atoms with van der Waals surface area (Å²) in [6, 6.07) is 7.72. The third kappa shape index (κ3) is 3.95. The van der Waals surface area contributed by atoms with Crippen LogP contribution in [-0.2, 0) is 11.2 Å². The number of ether oxygens (including phenoxy) is 2. The van der Waals surface area contributed by atoms with Crippen molar-refractivity contribution in [2.75, 3.05) is 27.3 Å². The maximum absolute atomic E-state index is 13.2. The van der Waals surface area contributed by atoms with Gasteiger partial charge < -0.3 is 18.9 Å². The molecule has 2 aliphatic heterocycles. The van der Waals surface area contributed by atoms with Gasteiger partial charge in [-0.1, -0.05) is 5.16 Å². The smallest absolute Gasteiger partial charge is 0.227 e. The molecule has 0 aliphatic carbocycles. The van der Waals surface area contributed by atoms with Gasteiger partial charge in [0.2, 0.25) is 5.91 Å². The fourth-order valence-corrected chi connectivity index (χ4v) is 4.47. The number of rotatable bonds is 6. The van der Waals surface area contributed by atoms with Gasteiger partial charge in [-0.3, -0.25) is 15.6 Å². The topological polar surface area (TPSA) is 88.9 Å². The van der Waals surface area contributed by atoms with Gasteiger partial charge in [0.1, 0.15) is 17.3 Å². The molecule has 0 saturated carbocycles. The Bertz CT molecular complexity index is 868. The van der Waals surface area contributed by atoms with Crippen molar-refractivity contribution in [1.29, 1.82) is 0 Å². The molecule has 2 saturated heterocycles. The Morgan fingerprint density at radius 2 is 2.17 bits per heavy atom. The molecule has 0 bridgehead atoms. The molecule has 29 heavy (non-hydrogen) atoms. The molecular weight excluding hydrogens is 372 g/mol. The second-order valence-corrected chi connectivity index (χ2v) is 7.68. The maximum Gasteiger partial charge on any atom is 0.227 e. The molecule has 156 valence electrons. The van der Waals surface area contributed by atoms with E-state index in [0.717, 1.165) is 42.9 Å². The zero-order valence-electron chi connectivity index (χ0n) is 17.1. The van der Waals surface area contributed by atoms with Crippen molar-refractivity contribution < 1.29 is 18.8 Å². The van der Waals surface area contributed by atoms with E-state index in [1.807, 2.05) is 36.1 Å². The van der Waals surface area contributed by atoms with Gasteiger partial charge >= 0.3 is 0 Å². The van der Waals surface area contributed by atoms with Crippen molar-refractivity contribution in [2.45, 2.75) is 44.2 Å². The molecule has 2 aliphatic rings. The van der Waals surface area contributed by atoms with Crippen LogP contribution in [0.2, 0.25) is 0 Å². The predicted molar refractivity (Wildman–Crippen MR) is 107 cm³/mol. The van der Waals surface area contributed by atoms with E-state index in [9.17, 15) is 4.79 Å². The molecule has 2 aromatic rings. The minimum atomic E-state index is 0.0843. The average Bonchev–Trinajstić information content (AvgIpc) is 3.47. The van der Waals surface area contributed by atoms with Crippen LogP contribution >= 0.6 is 0 Å². The monoisotopic (exact) mass is 400 g/mol. The van der Waals surface area contributed by atoms with Crippen molar-refractivity contribution in [3.05, 3.63) is 41.3 Å². The van der Waals surface area contributed by atoms with Gasteiger partial charge in [-0.15, -0.1) is 0 Å². The van der Waals surface area contributed by atoms with Gasteiger partial charge in [0.15, 0.2) is 0 Å². The third-order valence-corrected chi connectivity index (χ3v) is 5.90. The number of likely N-dealkylation sites (tertiary alicyclic amines) is 1. The first-order valence-electron chi connectivity index (χ1n) is 10.0. The number of amides is 1. The fourth-order valence-electron chi connectivity index (χ4n) is 4.47. The van der Waals surface area contributed by atoms with Crippen LogP contribution in [0.25, 0.3) is 0 Å². The van der Waals surface area contributed by atoms with Crippen LogP contribution in [-0.4, -0.2) is 55.4 Å². The summed E-state index contributed by atoms with van der Waals surface area (Å²) in [7, 11) is 3.24. The normalized spacial score (nSPS) is 24.1. The number of carbonyl (C=O) groups is 1. The molecule has 8 nitrogen and oxygen atoms in total. The summed E-state index contributed by atoms with van der Waals surface area (Å²) >= 11 is 0. The lowest BCUT2D eigenvalue weighted by Crippen LogP contribution is -2.50. The van der Waals surface area contributed by atoms with E-state index in [1.165, 1.54) is 0 Å². The van der Waals surface area contributed by atoms with E-state index < -0.39 is 0 Å². The second-order valence-electron chi connectivity index (χ2n) is 7.68. The quantitative estimate of drug-likeness (QED) is 0.764. The van der Waals surface area contributed by atoms with Crippen molar-refractivity contribution in [3.63, 3.8) is 0 Å². The van der Waals surface area contributed by atoms with Gasteiger partial charge in [0, 0.05) is 30.8 Å². The van der Waals surface area contributed by atoms with E-state index in [4.69, 9.17) is 14.0 Å². The van der Waals surface area contributed by atoms with Gasteiger partial charge in [0.25, 0.3) is 0 Å². The highest BCUT2D eigenvalue weighted by molar-refractivity contribution is 5.80. The highest BCUT2D eigenvalue weighted by Crippen LogP contribution is 2.33. The number of aryl methyl sites for hydroxylation is 1. The van der Waals surface area contributed by atoms with Crippen molar-refractivity contribution in [1.82, 2.24) is 20.9 Å². The lowest BCUT2D eigenvalue weighted by molar-refractivity contribution is -0.131. The summed E-state index contributed by atoms with van der Waals surface area (Å²) < 4.78 is 16.3. The van der Waals surface area contributed by atoms with Crippen LogP contribution in [0.5, 0.6) is 11.5 Å². The zero-order valence-corrected chi connectivity index (χ0v) is 17.1. The summed E-state index contributed by atoms with van der Waals surface area (Å²) in [4.78, 5) is 15.2. The van der Waals surface area contributed by atoms with Gasteiger partial charge in [-0.05, 0) is 38.0 Å². The van der Waals surface area contributed by atoms with Crippen LogP contribution < -0.4 is 20.3 Å². The van der Waals surface area contributed by atoms with Gasteiger partial charge in [-0.2, -0.15) is 0 Å². The maximum atomic E-state index is 13.2. The number of hydrogen-bond donors (Lipinski definition) is 2. The molecule has 3 atom stereocenters. The molecular formula is C21H28N4O4. The number of nitrogens with zero attached hydrogens (tertiary/aromatic N) is 2.